The van der Waals surface area contributed by atoms with Crippen LogP contribution in [0.5, 0.6) is 0 Å². The van der Waals surface area contributed by atoms with E-state index in [-0.39, 0.29) is 12.1 Å². The molecule has 5 nitrogen and oxygen atoms in total. The van der Waals surface area contributed by atoms with Gasteiger partial charge in [0.05, 0.1) is 0 Å². The molecular formula is C20H31N3O2. The number of amides is 1. The third kappa shape index (κ3) is 5.44. The smallest absolute Gasteiger partial charge is 0.407 e. The van der Waals surface area contributed by atoms with Gasteiger partial charge in [0.2, 0.25) is 0 Å². The number of rotatable bonds is 6. The van der Waals surface area contributed by atoms with Gasteiger partial charge < -0.3 is 20.3 Å². The molecule has 2 fully saturated rings. The van der Waals surface area contributed by atoms with Crippen molar-refractivity contribution in [2.24, 2.45) is 5.41 Å². The van der Waals surface area contributed by atoms with E-state index >= 15 is 0 Å². The third-order valence-corrected chi connectivity index (χ3v) is 5.68. The lowest BCUT2D eigenvalue weighted by atomic mass is 9.79. The molecule has 0 atom stereocenters. The minimum atomic E-state index is -0.311. The summed E-state index contributed by atoms with van der Waals surface area (Å²) in [6, 6.07) is 10.5. The number of hydrogen-bond donors (Lipinski definition) is 2. The van der Waals surface area contributed by atoms with Gasteiger partial charge in [-0.15, -0.1) is 0 Å². The molecule has 25 heavy (non-hydrogen) atoms. The van der Waals surface area contributed by atoms with Gasteiger partial charge in [0.25, 0.3) is 0 Å². The van der Waals surface area contributed by atoms with Crippen LogP contribution in [0.15, 0.2) is 30.3 Å². The van der Waals surface area contributed by atoms with Crippen molar-refractivity contribution >= 4 is 6.09 Å². The molecule has 1 saturated carbocycles. The second-order valence-electron chi connectivity index (χ2n) is 8.07. The van der Waals surface area contributed by atoms with Crippen molar-refractivity contribution in [1.29, 1.82) is 0 Å². The highest BCUT2D eigenvalue weighted by molar-refractivity contribution is 5.67. The summed E-state index contributed by atoms with van der Waals surface area (Å²) in [5.74, 6) is 0. The first-order valence-corrected chi connectivity index (χ1v) is 9.42. The molecule has 1 saturated heterocycles. The normalized spacial score (nSPS) is 25.8. The first-order valence-electron chi connectivity index (χ1n) is 9.42. The minimum Gasteiger partial charge on any atom is -0.445 e. The van der Waals surface area contributed by atoms with Crippen molar-refractivity contribution < 1.29 is 9.53 Å². The first-order chi connectivity index (χ1) is 12.0. The van der Waals surface area contributed by atoms with E-state index in [1.165, 1.54) is 25.9 Å². The first kappa shape index (κ1) is 18.2. The molecule has 3 rings (SSSR count). The molecule has 1 amide bonds. The van der Waals surface area contributed by atoms with E-state index in [0.29, 0.717) is 18.1 Å². The van der Waals surface area contributed by atoms with Gasteiger partial charge >= 0.3 is 6.09 Å². The second-order valence-corrected chi connectivity index (χ2v) is 8.07. The molecule has 0 aromatic heterocycles. The lowest BCUT2D eigenvalue weighted by Crippen LogP contribution is -2.54. The predicted molar refractivity (Wildman–Crippen MR) is 99.4 cm³/mol. The van der Waals surface area contributed by atoms with E-state index in [9.17, 15) is 4.79 Å². The van der Waals surface area contributed by atoms with Gasteiger partial charge in [-0.1, -0.05) is 37.3 Å². The van der Waals surface area contributed by atoms with Crippen molar-refractivity contribution in [1.82, 2.24) is 15.5 Å². The number of ether oxygens (including phenoxy) is 1. The number of carbonyl (C=O) groups is 1. The van der Waals surface area contributed by atoms with E-state index in [1.807, 2.05) is 30.3 Å². The van der Waals surface area contributed by atoms with Crippen LogP contribution < -0.4 is 10.6 Å². The number of piperidine rings is 1. The maximum atomic E-state index is 11.9. The number of alkyl carbamates (subject to hydrolysis) is 1. The highest BCUT2D eigenvalue weighted by Gasteiger charge is 2.34. The molecular weight excluding hydrogens is 314 g/mol. The van der Waals surface area contributed by atoms with Crippen LogP contribution in [-0.4, -0.2) is 49.8 Å². The Kier molecular flexibility index (Phi) is 5.97. The minimum absolute atomic E-state index is 0.242. The van der Waals surface area contributed by atoms with E-state index in [2.05, 4.69) is 29.5 Å². The van der Waals surface area contributed by atoms with Crippen LogP contribution in [0.4, 0.5) is 4.79 Å². The number of nitrogens with one attached hydrogen (secondary N) is 2. The van der Waals surface area contributed by atoms with Gasteiger partial charge in [-0.3, -0.25) is 0 Å². The van der Waals surface area contributed by atoms with Crippen molar-refractivity contribution in [3.63, 3.8) is 0 Å². The van der Waals surface area contributed by atoms with Crippen LogP contribution >= 0.6 is 0 Å². The van der Waals surface area contributed by atoms with E-state index in [1.54, 1.807) is 0 Å². The Morgan fingerprint density at radius 1 is 1.20 bits per heavy atom. The Morgan fingerprint density at radius 2 is 1.88 bits per heavy atom. The quantitative estimate of drug-likeness (QED) is 0.832. The maximum Gasteiger partial charge on any atom is 0.407 e. The highest BCUT2D eigenvalue weighted by Crippen LogP contribution is 2.30. The van der Waals surface area contributed by atoms with Crippen LogP contribution in [0.3, 0.4) is 0 Å². The zero-order valence-corrected chi connectivity index (χ0v) is 15.5. The van der Waals surface area contributed by atoms with Gasteiger partial charge in [0.1, 0.15) is 6.61 Å². The SMILES string of the molecule is CN1CCC(C)(CNC2CC(NC(=O)OCc3ccccc3)C2)CC1. The van der Waals surface area contributed by atoms with Crippen molar-refractivity contribution in [3.8, 4) is 0 Å². The fourth-order valence-electron chi connectivity index (χ4n) is 3.56. The fourth-order valence-corrected chi connectivity index (χ4v) is 3.56. The van der Waals surface area contributed by atoms with Gasteiger partial charge in [-0.05, 0) is 56.8 Å². The second kappa shape index (κ2) is 8.19. The van der Waals surface area contributed by atoms with E-state index < -0.39 is 0 Å². The summed E-state index contributed by atoms with van der Waals surface area (Å²) in [4.78, 5) is 14.3. The van der Waals surface area contributed by atoms with E-state index in [0.717, 1.165) is 24.9 Å². The molecule has 1 aromatic carbocycles. The number of nitrogens with zero attached hydrogens (tertiary/aromatic N) is 1. The van der Waals surface area contributed by atoms with Gasteiger partial charge in [-0.2, -0.15) is 0 Å². The molecule has 1 aromatic rings. The van der Waals surface area contributed by atoms with Gasteiger partial charge in [0, 0.05) is 18.6 Å². The van der Waals surface area contributed by atoms with Crippen LogP contribution in [0, 0.1) is 5.41 Å². The molecule has 1 aliphatic carbocycles. The van der Waals surface area contributed by atoms with Crippen molar-refractivity contribution in [2.45, 2.75) is 51.3 Å². The Labute approximate surface area is 151 Å². The maximum absolute atomic E-state index is 11.9. The lowest BCUT2D eigenvalue weighted by Gasteiger charge is -2.42. The summed E-state index contributed by atoms with van der Waals surface area (Å²) in [5.41, 5.74) is 1.43. The molecule has 138 valence electrons. The van der Waals surface area contributed by atoms with Gasteiger partial charge in [0.15, 0.2) is 0 Å². The van der Waals surface area contributed by atoms with Crippen LogP contribution in [0.2, 0.25) is 0 Å². The Hall–Kier alpha value is -1.59. The van der Waals surface area contributed by atoms with Gasteiger partial charge in [-0.25, -0.2) is 4.79 Å². The topological polar surface area (TPSA) is 53.6 Å². The molecule has 0 spiro atoms. The number of carbonyl (C=O) groups excluding carboxylic acids is 1. The average Bonchev–Trinajstić information content (AvgIpc) is 2.59. The third-order valence-electron chi connectivity index (χ3n) is 5.68. The van der Waals surface area contributed by atoms with Crippen LogP contribution in [0.1, 0.15) is 38.2 Å². The number of likely N-dealkylation sites (tertiary alicyclic amines) is 1. The van der Waals surface area contributed by atoms with Crippen LogP contribution in [0.25, 0.3) is 0 Å². The molecule has 2 aliphatic rings. The lowest BCUT2D eigenvalue weighted by molar-refractivity contribution is 0.112. The molecule has 1 aliphatic heterocycles. The molecule has 0 radical (unpaired) electrons. The number of hydrogen-bond acceptors (Lipinski definition) is 4. The largest absolute Gasteiger partial charge is 0.445 e. The monoisotopic (exact) mass is 345 g/mol. The Balaban J connectivity index is 1.28. The summed E-state index contributed by atoms with van der Waals surface area (Å²) < 4.78 is 5.28. The predicted octanol–water partition coefficient (Wildman–Crippen LogP) is 2.77. The zero-order valence-electron chi connectivity index (χ0n) is 15.5. The van der Waals surface area contributed by atoms with Crippen molar-refractivity contribution in [2.75, 3.05) is 26.7 Å². The molecule has 1 heterocycles. The van der Waals surface area contributed by atoms with Crippen LogP contribution in [-0.2, 0) is 11.3 Å². The summed E-state index contributed by atoms with van der Waals surface area (Å²) in [7, 11) is 2.20. The van der Waals surface area contributed by atoms with E-state index in [4.69, 9.17) is 4.74 Å². The standard InChI is InChI=1S/C20H31N3O2/c1-20(8-10-23(2)11-9-20)15-21-17-12-18(13-17)22-19(24)25-14-16-6-4-3-5-7-16/h3-7,17-18,21H,8-15H2,1-2H3,(H,22,24). The fraction of sp³-hybridized carbons (Fsp3) is 0.650. The number of benzene rings is 1. The summed E-state index contributed by atoms with van der Waals surface area (Å²) in [5, 5.41) is 6.66. The molecule has 0 unspecified atom stereocenters. The highest BCUT2D eigenvalue weighted by atomic mass is 16.5. The summed E-state index contributed by atoms with van der Waals surface area (Å²) in [6.45, 7) is 6.19. The molecule has 5 heteroatoms. The Morgan fingerprint density at radius 3 is 2.56 bits per heavy atom. The molecule has 0 bridgehead atoms. The van der Waals surface area contributed by atoms with Crippen molar-refractivity contribution in [3.05, 3.63) is 35.9 Å². The molecule has 2 N–H and O–H groups in total. The zero-order chi connectivity index (χ0) is 17.7. The summed E-state index contributed by atoms with van der Waals surface area (Å²) >= 11 is 0. The average molecular weight is 345 g/mol. The Bertz CT molecular complexity index is 549. The summed E-state index contributed by atoms with van der Waals surface area (Å²) in [6.07, 6.45) is 4.20.